The summed E-state index contributed by atoms with van der Waals surface area (Å²) in [7, 11) is -3.00. The van der Waals surface area contributed by atoms with Crippen LogP contribution in [0, 0.1) is 17.8 Å². The molecule has 2 aliphatic carbocycles. The van der Waals surface area contributed by atoms with Gasteiger partial charge in [0.25, 0.3) is 0 Å². The van der Waals surface area contributed by atoms with Crippen LogP contribution in [0.15, 0.2) is 12.2 Å². The van der Waals surface area contributed by atoms with Crippen LogP contribution in [0.2, 0.25) is 0 Å². The molecule has 0 aliphatic heterocycles. The van der Waals surface area contributed by atoms with Gasteiger partial charge in [0.15, 0.2) is 0 Å². The summed E-state index contributed by atoms with van der Waals surface area (Å²) in [5.41, 5.74) is 0. The van der Waals surface area contributed by atoms with Gasteiger partial charge in [-0.15, -0.1) is 0 Å². The second-order valence-electron chi connectivity index (χ2n) is 4.16. The lowest BCUT2D eigenvalue weighted by atomic mass is 9.94. The zero-order chi connectivity index (χ0) is 9.47. The normalized spacial score (nSPS) is 37.2. The van der Waals surface area contributed by atoms with Gasteiger partial charge in [-0.05, 0) is 30.6 Å². The van der Waals surface area contributed by atoms with Crippen molar-refractivity contribution in [2.24, 2.45) is 17.8 Å². The lowest BCUT2D eigenvalue weighted by molar-refractivity contribution is 0.441. The van der Waals surface area contributed by atoms with Crippen molar-refractivity contribution >= 4 is 10.0 Å². The van der Waals surface area contributed by atoms with E-state index in [0.717, 1.165) is 12.3 Å². The molecule has 1 fully saturated rings. The molecule has 0 spiro atoms. The third-order valence-electron chi connectivity index (χ3n) is 3.02. The summed E-state index contributed by atoms with van der Waals surface area (Å²) in [5.74, 6) is 1.88. The molecule has 2 rings (SSSR count). The van der Waals surface area contributed by atoms with Gasteiger partial charge >= 0.3 is 0 Å². The van der Waals surface area contributed by atoms with E-state index in [-0.39, 0.29) is 0 Å². The lowest BCUT2D eigenvalue weighted by Crippen LogP contribution is -2.29. The SMILES string of the molecule is CS(=O)(=O)NCC1C[C@H]2C=C[C@@H]1C2. The summed E-state index contributed by atoms with van der Waals surface area (Å²) in [6.07, 6.45) is 8.11. The Hall–Kier alpha value is -0.350. The zero-order valence-electron chi connectivity index (χ0n) is 7.73. The van der Waals surface area contributed by atoms with Crippen molar-refractivity contribution < 1.29 is 8.42 Å². The molecule has 1 saturated carbocycles. The maximum Gasteiger partial charge on any atom is 0.208 e. The van der Waals surface area contributed by atoms with Gasteiger partial charge in [0.1, 0.15) is 0 Å². The summed E-state index contributed by atoms with van der Waals surface area (Å²) in [5, 5.41) is 0. The Balaban J connectivity index is 1.88. The van der Waals surface area contributed by atoms with E-state index in [1.807, 2.05) is 0 Å². The summed E-state index contributed by atoms with van der Waals surface area (Å²) in [6.45, 7) is 0.615. The Labute approximate surface area is 79.3 Å². The van der Waals surface area contributed by atoms with Crippen molar-refractivity contribution in [3.8, 4) is 0 Å². The highest BCUT2D eigenvalue weighted by molar-refractivity contribution is 7.88. The first-order valence-corrected chi connectivity index (χ1v) is 6.57. The molecule has 1 N–H and O–H groups in total. The Morgan fingerprint density at radius 2 is 2.15 bits per heavy atom. The fourth-order valence-corrected chi connectivity index (χ4v) is 2.90. The Bertz CT molecular complexity index is 321. The first-order valence-electron chi connectivity index (χ1n) is 4.67. The van der Waals surface area contributed by atoms with E-state index in [4.69, 9.17) is 0 Å². The highest BCUT2D eigenvalue weighted by atomic mass is 32.2. The number of rotatable bonds is 3. The zero-order valence-corrected chi connectivity index (χ0v) is 8.55. The summed E-state index contributed by atoms with van der Waals surface area (Å²) >= 11 is 0. The van der Waals surface area contributed by atoms with Gasteiger partial charge in [0.2, 0.25) is 10.0 Å². The van der Waals surface area contributed by atoms with Crippen LogP contribution in [0.3, 0.4) is 0 Å². The molecular weight excluding hydrogens is 186 g/mol. The fourth-order valence-electron chi connectivity index (χ4n) is 2.39. The number of hydrogen-bond donors (Lipinski definition) is 1. The average molecular weight is 201 g/mol. The molecule has 2 aliphatic rings. The van der Waals surface area contributed by atoms with Crippen molar-refractivity contribution in [2.75, 3.05) is 12.8 Å². The maximum absolute atomic E-state index is 10.9. The van der Waals surface area contributed by atoms with Crippen molar-refractivity contribution in [3.05, 3.63) is 12.2 Å². The van der Waals surface area contributed by atoms with Crippen LogP contribution in [0.5, 0.6) is 0 Å². The van der Waals surface area contributed by atoms with Gasteiger partial charge in [-0.25, -0.2) is 13.1 Å². The van der Waals surface area contributed by atoms with E-state index in [9.17, 15) is 8.42 Å². The van der Waals surface area contributed by atoms with E-state index in [1.54, 1.807) is 0 Å². The smallest absolute Gasteiger partial charge is 0.208 e. The molecule has 13 heavy (non-hydrogen) atoms. The molecule has 74 valence electrons. The molecule has 0 radical (unpaired) electrons. The van der Waals surface area contributed by atoms with Gasteiger partial charge in [-0.3, -0.25) is 0 Å². The number of hydrogen-bond acceptors (Lipinski definition) is 2. The summed E-state index contributed by atoms with van der Waals surface area (Å²) in [4.78, 5) is 0. The van der Waals surface area contributed by atoms with E-state index in [0.29, 0.717) is 18.4 Å². The number of sulfonamides is 1. The quantitative estimate of drug-likeness (QED) is 0.685. The van der Waals surface area contributed by atoms with E-state index < -0.39 is 10.0 Å². The minimum atomic E-state index is -3.00. The largest absolute Gasteiger partial charge is 0.215 e. The van der Waals surface area contributed by atoms with Crippen LogP contribution < -0.4 is 4.72 Å². The minimum Gasteiger partial charge on any atom is -0.215 e. The second-order valence-corrected chi connectivity index (χ2v) is 5.99. The van der Waals surface area contributed by atoms with Gasteiger partial charge < -0.3 is 0 Å². The Kier molecular flexibility index (Phi) is 2.20. The van der Waals surface area contributed by atoms with Crippen LogP contribution in [0.1, 0.15) is 12.8 Å². The molecule has 3 atom stereocenters. The molecule has 0 aromatic carbocycles. The first kappa shape index (κ1) is 9.21. The van der Waals surface area contributed by atoms with E-state index >= 15 is 0 Å². The minimum absolute atomic E-state index is 0.532. The predicted octanol–water partition coefficient (Wildman–Crippen LogP) is 0.748. The molecule has 0 saturated heterocycles. The highest BCUT2D eigenvalue weighted by Crippen LogP contribution is 2.42. The molecule has 0 aromatic heterocycles. The second kappa shape index (κ2) is 3.10. The highest BCUT2D eigenvalue weighted by Gasteiger charge is 2.35. The third kappa shape index (κ3) is 2.11. The van der Waals surface area contributed by atoms with Crippen LogP contribution in [0.4, 0.5) is 0 Å². The molecule has 3 nitrogen and oxygen atoms in total. The third-order valence-corrected chi connectivity index (χ3v) is 3.72. The average Bonchev–Trinajstić information content (AvgIpc) is 2.58. The van der Waals surface area contributed by atoms with Crippen LogP contribution >= 0.6 is 0 Å². The molecule has 2 bridgehead atoms. The van der Waals surface area contributed by atoms with Crippen molar-refractivity contribution in [1.29, 1.82) is 0 Å². The van der Waals surface area contributed by atoms with Crippen molar-refractivity contribution in [3.63, 3.8) is 0 Å². The Morgan fingerprint density at radius 1 is 1.38 bits per heavy atom. The fraction of sp³-hybridized carbons (Fsp3) is 0.778. The van der Waals surface area contributed by atoms with Gasteiger partial charge in [0.05, 0.1) is 6.26 Å². The molecule has 4 heteroatoms. The predicted molar refractivity (Wildman–Crippen MR) is 51.7 cm³/mol. The van der Waals surface area contributed by atoms with Crippen molar-refractivity contribution in [2.45, 2.75) is 12.8 Å². The molecule has 0 amide bonds. The van der Waals surface area contributed by atoms with Crippen LogP contribution in [0.25, 0.3) is 0 Å². The Morgan fingerprint density at radius 3 is 2.62 bits per heavy atom. The molecule has 1 unspecified atom stereocenters. The lowest BCUT2D eigenvalue weighted by Gasteiger charge is -2.17. The number of fused-ring (bicyclic) bond motifs is 2. The molecular formula is C9H15NO2S. The number of allylic oxidation sites excluding steroid dienone is 2. The van der Waals surface area contributed by atoms with Crippen LogP contribution in [-0.4, -0.2) is 21.2 Å². The monoisotopic (exact) mass is 201 g/mol. The topological polar surface area (TPSA) is 46.2 Å². The van der Waals surface area contributed by atoms with Crippen LogP contribution in [-0.2, 0) is 10.0 Å². The van der Waals surface area contributed by atoms with Crippen molar-refractivity contribution in [1.82, 2.24) is 4.72 Å². The number of nitrogens with one attached hydrogen (secondary N) is 1. The van der Waals surface area contributed by atoms with Gasteiger partial charge in [0, 0.05) is 6.54 Å². The molecule has 0 aromatic rings. The van der Waals surface area contributed by atoms with Gasteiger partial charge in [-0.1, -0.05) is 12.2 Å². The standard InChI is InChI=1S/C9H15NO2S/c1-13(11,12)10-6-9-5-7-2-3-8(9)4-7/h2-3,7-10H,4-6H2,1H3/t7-,8+,9?/m0/s1. The summed E-state index contributed by atoms with van der Waals surface area (Å²) < 4.78 is 24.3. The molecule has 0 heterocycles. The summed E-state index contributed by atoms with van der Waals surface area (Å²) in [6, 6.07) is 0. The first-order chi connectivity index (χ1) is 6.04. The maximum atomic E-state index is 10.9. The van der Waals surface area contributed by atoms with E-state index in [2.05, 4.69) is 16.9 Å². The van der Waals surface area contributed by atoms with Gasteiger partial charge in [-0.2, -0.15) is 0 Å². The van der Waals surface area contributed by atoms with E-state index in [1.165, 1.54) is 12.7 Å².